The lowest BCUT2D eigenvalue weighted by molar-refractivity contribution is 1.18. The molecular formula is C36H32N2. The highest BCUT2D eigenvalue weighted by molar-refractivity contribution is 6.17. The number of benzene rings is 4. The van der Waals surface area contributed by atoms with Crippen molar-refractivity contribution in [2.24, 2.45) is 0 Å². The molecule has 38 heavy (non-hydrogen) atoms. The van der Waals surface area contributed by atoms with Gasteiger partial charge in [-0.25, -0.2) is 0 Å². The maximum Gasteiger partial charge on any atom is 0.0547 e. The lowest BCUT2D eigenvalue weighted by atomic mass is 9.94. The average Bonchev–Trinajstić information content (AvgIpc) is 3.28. The van der Waals surface area contributed by atoms with Crippen molar-refractivity contribution in [1.82, 2.24) is 4.57 Å². The second-order valence-corrected chi connectivity index (χ2v) is 9.15. The van der Waals surface area contributed by atoms with Gasteiger partial charge in [0, 0.05) is 33.9 Å². The van der Waals surface area contributed by atoms with Crippen molar-refractivity contribution in [2.75, 3.05) is 5.32 Å². The van der Waals surface area contributed by atoms with Crippen molar-refractivity contribution in [1.29, 1.82) is 0 Å². The number of hydrogen-bond acceptors (Lipinski definition) is 1. The topological polar surface area (TPSA) is 17.0 Å². The number of rotatable bonds is 8. The number of anilines is 1. The third-order valence-electron chi connectivity index (χ3n) is 6.68. The Balaban J connectivity index is 1.70. The third-order valence-corrected chi connectivity index (χ3v) is 6.68. The highest BCUT2D eigenvalue weighted by Crippen LogP contribution is 2.42. The van der Waals surface area contributed by atoms with Gasteiger partial charge in [0.25, 0.3) is 0 Å². The van der Waals surface area contributed by atoms with E-state index in [2.05, 4.69) is 114 Å². The van der Waals surface area contributed by atoms with Gasteiger partial charge in [0.05, 0.1) is 11.0 Å². The molecule has 4 aromatic carbocycles. The largest absolute Gasteiger partial charge is 0.361 e. The summed E-state index contributed by atoms with van der Waals surface area (Å²) in [6.07, 6.45) is 17.9. The van der Waals surface area contributed by atoms with Crippen LogP contribution in [0.2, 0.25) is 0 Å². The van der Waals surface area contributed by atoms with Gasteiger partial charge in [0.2, 0.25) is 0 Å². The molecule has 1 heterocycles. The fourth-order valence-corrected chi connectivity index (χ4v) is 4.97. The minimum atomic E-state index is 1.09. The molecule has 1 aromatic heterocycles. The first-order valence-electron chi connectivity index (χ1n) is 13.0. The Kier molecular flexibility index (Phi) is 7.52. The van der Waals surface area contributed by atoms with E-state index < -0.39 is 0 Å². The maximum atomic E-state index is 3.72. The van der Waals surface area contributed by atoms with Gasteiger partial charge in [-0.3, -0.25) is 0 Å². The van der Waals surface area contributed by atoms with Crippen LogP contribution in [0.3, 0.4) is 0 Å². The molecule has 5 rings (SSSR count). The number of nitrogens with one attached hydrogen (secondary N) is 1. The van der Waals surface area contributed by atoms with Crippen LogP contribution in [-0.4, -0.2) is 4.57 Å². The van der Waals surface area contributed by atoms with Crippen molar-refractivity contribution in [2.45, 2.75) is 13.8 Å². The predicted molar refractivity (Wildman–Crippen MR) is 167 cm³/mol. The quantitative estimate of drug-likeness (QED) is 0.213. The van der Waals surface area contributed by atoms with E-state index in [4.69, 9.17) is 0 Å². The summed E-state index contributed by atoms with van der Waals surface area (Å²) in [4.78, 5) is 0. The Labute approximate surface area is 225 Å². The van der Waals surface area contributed by atoms with Crippen molar-refractivity contribution >= 4 is 33.6 Å². The minimum absolute atomic E-state index is 1.09. The molecule has 0 atom stereocenters. The van der Waals surface area contributed by atoms with Crippen LogP contribution in [0.4, 0.5) is 5.69 Å². The van der Waals surface area contributed by atoms with Crippen LogP contribution in [0.5, 0.6) is 0 Å². The molecule has 2 nitrogen and oxygen atoms in total. The first-order chi connectivity index (χ1) is 18.7. The standard InChI is InChI=1S/C36H32N2/c1-4-6-8-9-15-28-21-23-29(24-22-28)38-33-19-13-11-17-31(33)36-34(38)25-20-27(3)35(36)30-16-10-12-18-32(30)37-26-14-7-5-2/h4-26,37H,1H2,2-3H3/b7-5-,8-6-,15-9?,26-14-. The number of aromatic nitrogens is 1. The molecule has 186 valence electrons. The first kappa shape index (κ1) is 24.9. The van der Waals surface area contributed by atoms with Gasteiger partial charge >= 0.3 is 0 Å². The third kappa shape index (κ3) is 4.89. The van der Waals surface area contributed by atoms with Crippen LogP contribution < -0.4 is 5.32 Å². The summed E-state index contributed by atoms with van der Waals surface area (Å²) in [6, 6.07) is 30.5. The SMILES string of the molecule is C=C/C=C\C=Cc1ccc(-n2c3ccccc3c3c(-c4ccccc4N/C=C\C=C/C)c(C)ccc32)cc1. The normalized spacial score (nSPS) is 12.2. The van der Waals surface area contributed by atoms with E-state index in [1.165, 1.54) is 38.5 Å². The second kappa shape index (κ2) is 11.5. The number of fused-ring (bicyclic) bond motifs is 3. The smallest absolute Gasteiger partial charge is 0.0547 e. The van der Waals surface area contributed by atoms with Gasteiger partial charge in [-0.2, -0.15) is 0 Å². The molecule has 0 spiro atoms. The first-order valence-corrected chi connectivity index (χ1v) is 13.0. The summed E-state index contributed by atoms with van der Waals surface area (Å²) in [7, 11) is 0. The Morgan fingerprint density at radius 2 is 1.53 bits per heavy atom. The van der Waals surface area contributed by atoms with Crippen molar-refractivity contribution in [3.8, 4) is 16.8 Å². The summed E-state index contributed by atoms with van der Waals surface area (Å²) >= 11 is 0. The summed E-state index contributed by atoms with van der Waals surface area (Å²) in [5.74, 6) is 0. The lowest BCUT2D eigenvalue weighted by Crippen LogP contribution is -1.95. The van der Waals surface area contributed by atoms with Gasteiger partial charge in [-0.1, -0.05) is 104 Å². The summed E-state index contributed by atoms with van der Waals surface area (Å²) in [5, 5.41) is 6.02. The zero-order valence-corrected chi connectivity index (χ0v) is 21.9. The van der Waals surface area contributed by atoms with Crippen LogP contribution >= 0.6 is 0 Å². The minimum Gasteiger partial charge on any atom is -0.361 e. The van der Waals surface area contributed by atoms with E-state index in [9.17, 15) is 0 Å². The highest BCUT2D eigenvalue weighted by Gasteiger charge is 2.19. The number of para-hydroxylation sites is 2. The fraction of sp³-hybridized carbons (Fsp3) is 0.0556. The van der Waals surface area contributed by atoms with Gasteiger partial charge < -0.3 is 9.88 Å². The second-order valence-electron chi connectivity index (χ2n) is 9.15. The van der Waals surface area contributed by atoms with Crippen LogP contribution in [0.15, 0.2) is 140 Å². The molecule has 0 aliphatic heterocycles. The van der Waals surface area contributed by atoms with E-state index in [1.54, 1.807) is 6.08 Å². The molecule has 2 heteroatoms. The van der Waals surface area contributed by atoms with Gasteiger partial charge in [0.1, 0.15) is 0 Å². The van der Waals surface area contributed by atoms with Gasteiger partial charge in [0.15, 0.2) is 0 Å². The van der Waals surface area contributed by atoms with E-state index in [-0.39, 0.29) is 0 Å². The predicted octanol–water partition coefficient (Wildman–Crippen LogP) is 10.0. The Morgan fingerprint density at radius 1 is 0.737 bits per heavy atom. The number of aryl methyl sites for hydroxylation is 1. The maximum absolute atomic E-state index is 3.72. The monoisotopic (exact) mass is 492 g/mol. The highest BCUT2D eigenvalue weighted by atomic mass is 15.0. The zero-order valence-electron chi connectivity index (χ0n) is 21.9. The Bertz CT molecular complexity index is 1710. The molecule has 5 aromatic rings. The molecule has 0 amide bonds. The molecule has 1 N–H and O–H groups in total. The molecule has 0 fully saturated rings. The summed E-state index contributed by atoms with van der Waals surface area (Å²) in [5.41, 5.74) is 9.48. The van der Waals surface area contributed by atoms with E-state index in [0.717, 1.165) is 16.9 Å². The molecular weight excluding hydrogens is 460 g/mol. The Hall–Kier alpha value is -4.82. The molecule has 0 unspecified atom stereocenters. The van der Waals surface area contributed by atoms with E-state index >= 15 is 0 Å². The zero-order chi connectivity index (χ0) is 26.3. The Morgan fingerprint density at radius 3 is 2.34 bits per heavy atom. The van der Waals surface area contributed by atoms with E-state index in [1.807, 2.05) is 49.6 Å². The van der Waals surface area contributed by atoms with Crippen LogP contribution in [0.1, 0.15) is 18.1 Å². The molecule has 0 radical (unpaired) electrons. The molecule has 0 bridgehead atoms. The lowest BCUT2D eigenvalue weighted by Gasteiger charge is -2.15. The van der Waals surface area contributed by atoms with Crippen molar-refractivity contribution in [3.05, 3.63) is 151 Å². The summed E-state index contributed by atoms with van der Waals surface area (Å²) < 4.78 is 2.38. The van der Waals surface area contributed by atoms with Gasteiger partial charge in [-0.15, -0.1) is 0 Å². The number of nitrogens with zero attached hydrogens (tertiary/aromatic N) is 1. The molecule has 0 saturated carbocycles. The number of hydrogen-bond donors (Lipinski definition) is 1. The van der Waals surface area contributed by atoms with Crippen LogP contribution in [0, 0.1) is 6.92 Å². The van der Waals surface area contributed by atoms with Crippen molar-refractivity contribution < 1.29 is 0 Å². The fourth-order valence-electron chi connectivity index (χ4n) is 4.97. The average molecular weight is 493 g/mol. The van der Waals surface area contributed by atoms with Crippen molar-refractivity contribution in [3.63, 3.8) is 0 Å². The molecule has 0 aliphatic carbocycles. The van der Waals surface area contributed by atoms with Crippen LogP contribution in [0.25, 0.3) is 44.7 Å². The molecule has 0 saturated heterocycles. The number of allylic oxidation sites excluding steroid dienone is 7. The summed E-state index contributed by atoms with van der Waals surface area (Å²) in [6.45, 7) is 7.94. The molecule has 0 aliphatic rings. The van der Waals surface area contributed by atoms with Gasteiger partial charge in [-0.05, 0) is 66.9 Å². The van der Waals surface area contributed by atoms with Crippen LogP contribution in [-0.2, 0) is 0 Å². The van der Waals surface area contributed by atoms with E-state index in [0.29, 0.717) is 0 Å².